The number of aromatic nitrogens is 2. The van der Waals surface area contributed by atoms with E-state index in [1.807, 2.05) is 19.9 Å². The van der Waals surface area contributed by atoms with Crippen molar-refractivity contribution in [3.05, 3.63) is 35.7 Å². The van der Waals surface area contributed by atoms with Gasteiger partial charge in [-0.3, -0.25) is 0 Å². The lowest BCUT2D eigenvalue weighted by Gasteiger charge is -2.29. The number of anilines is 2. The van der Waals surface area contributed by atoms with E-state index >= 15 is 0 Å². The third-order valence-electron chi connectivity index (χ3n) is 3.81. The number of hydrogen-bond donors (Lipinski definition) is 1. The molecule has 6 nitrogen and oxygen atoms in total. The van der Waals surface area contributed by atoms with E-state index in [4.69, 9.17) is 9.26 Å². The number of morpholine rings is 1. The normalized spacial score (nSPS) is 16.4. The number of hydrogen-bond acceptors (Lipinski definition) is 6. The fourth-order valence-corrected chi connectivity index (χ4v) is 2.56. The van der Waals surface area contributed by atoms with Crippen molar-refractivity contribution < 1.29 is 13.7 Å². The van der Waals surface area contributed by atoms with Gasteiger partial charge in [-0.15, -0.1) is 0 Å². The molecule has 1 saturated heterocycles. The molecule has 1 fully saturated rings. The minimum absolute atomic E-state index is 0.192. The van der Waals surface area contributed by atoms with Crippen LogP contribution >= 0.6 is 0 Å². The summed E-state index contributed by atoms with van der Waals surface area (Å²) in [6, 6.07) is 4.75. The van der Waals surface area contributed by atoms with Crippen LogP contribution < -0.4 is 10.2 Å². The molecule has 0 spiro atoms. The molecule has 124 valence electrons. The molecule has 3 rings (SSSR count). The van der Waals surface area contributed by atoms with Crippen LogP contribution in [-0.2, 0) is 11.2 Å². The molecule has 2 heterocycles. The van der Waals surface area contributed by atoms with Crippen molar-refractivity contribution in [1.29, 1.82) is 0 Å². The van der Waals surface area contributed by atoms with Gasteiger partial charge in [-0.05, 0) is 25.1 Å². The van der Waals surface area contributed by atoms with Gasteiger partial charge in [0.15, 0.2) is 5.82 Å². The zero-order valence-electron chi connectivity index (χ0n) is 13.4. The van der Waals surface area contributed by atoms with Gasteiger partial charge in [0.05, 0.1) is 13.2 Å². The number of nitrogens with one attached hydrogen (secondary N) is 1. The lowest BCUT2D eigenvalue weighted by molar-refractivity contribution is 0.122. The highest BCUT2D eigenvalue weighted by molar-refractivity contribution is 5.59. The molecule has 1 atom stereocenters. The Kier molecular flexibility index (Phi) is 4.76. The van der Waals surface area contributed by atoms with Crippen LogP contribution in [0.4, 0.5) is 15.8 Å². The zero-order chi connectivity index (χ0) is 16.2. The van der Waals surface area contributed by atoms with E-state index < -0.39 is 0 Å². The summed E-state index contributed by atoms with van der Waals surface area (Å²) >= 11 is 0. The monoisotopic (exact) mass is 320 g/mol. The van der Waals surface area contributed by atoms with Gasteiger partial charge in [0.25, 0.3) is 0 Å². The van der Waals surface area contributed by atoms with Crippen LogP contribution in [0.1, 0.15) is 31.6 Å². The third kappa shape index (κ3) is 3.79. The van der Waals surface area contributed by atoms with Gasteiger partial charge in [0.1, 0.15) is 11.9 Å². The fraction of sp³-hybridized carbons (Fsp3) is 0.500. The molecular weight excluding hydrogens is 299 g/mol. The molecule has 1 aliphatic heterocycles. The predicted molar refractivity (Wildman–Crippen MR) is 85.1 cm³/mol. The highest BCUT2D eigenvalue weighted by Crippen LogP contribution is 2.25. The number of aryl methyl sites for hydroxylation is 1. The molecule has 1 aromatic carbocycles. The minimum Gasteiger partial charge on any atom is -0.378 e. The number of rotatable bonds is 5. The van der Waals surface area contributed by atoms with E-state index in [0.717, 1.165) is 25.2 Å². The molecule has 7 heteroatoms. The summed E-state index contributed by atoms with van der Waals surface area (Å²) in [5.74, 6) is 0.893. The summed E-state index contributed by atoms with van der Waals surface area (Å²) in [6.45, 7) is 6.74. The highest BCUT2D eigenvalue weighted by Gasteiger charge is 2.16. The van der Waals surface area contributed by atoms with Crippen LogP contribution in [-0.4, -0.2) is 36.4 Å². The molecule has 1 N–H and O–H groups in total. The molecule has 1 aromatic heterocycles. The topological polar surface area (TPSA) is 63.4 Å². The van der Waals surface area contributed by atoms with E-state index in [-0.39, 0.29) is 11.9 Å². The zero-order valence-corrected chi connectivity index (χ0v) is 13.4. The van der Waals surface area contributed by atoms with Crippen molar-refractivity contribution in [1.82, 2.24) is 10.1 Å². The van der Waals surface area contributed by atoms with Crippen LogP contribution in [0.5, 0.6) is 0 Å². The molecule has 0 radical (unpaired) electrons. The molecule has 1 unspecified atom stereocenters. The average molecular weight is 320 g/mol. The predicted octanol–water partition coefficient (Wildman–Crippen LogP) is 2.78. The summed E-state index contributed by atoms with van der Waals surface area (Å²) in [5.41, 5.74) is 1.54. The van der Waals surface area contributed by atoms with Crippen molar-refractivity contribution in [2.75, 3.05) is 36.5 Å². The van der Waals surface area contributed by atoms with Crippen molar-refractivity contribution in [2.45, 2.75) is 26.3 Å². The van der Waals surface area contributed by atoms with Gasteiger partial charge in [-0.25, -0.2) is 4.39 Å². The highest BCUT2D eigenvalue weighted by atomic mass is 19.1. The summed E-state index contributed by atoms with van der Waals surface area (Å²) in [4.78, 5) is 6.41. The lowest BCUT2D eigenvalue weighted by atomic mass is 10.2. The van der Waals surface area contributed by atoms with Crippen LogP contribution in [0.2, 0.25) is 0 Å². The number of halogens is 1. The van der Waals surface area contributed by atoms with Gasteiger partial charge in [-0.1, -0.05) is 12.1 Å². The fourth-order valence-electron chi connectivity index (χ4n) is 2.56. The van der Waals surface area contributed by atoms with E-state index in [1.54, 1.807) is 6.07 Å². The van der Waals surface area contributed by atoms with Crippen LogP contribution in [0, 0.1) is 5.82 Å². The Bertz CT molecular complexity index is 655. The maximum atomic E-state index is 13.9. The first-order valence-electron chi connectivity index (χ1n) is 7.88. The van der Waals surface area contributed by atoms with Gasteiger partial charge in [0.2, 0.25) is 5.89 Å². The van der Waals surface area contributed by atoms with Crippen LogP contribution in [0.3, 0.4) is 0 Å². The molecule has 2 aromatic rings. The van der Waals surface area contributed by atoms with Gasteiger partial charge >= 0.3 is 0 Å². The Balaban J connectivity index is 1.75. The quantitative estimate of drug-likeness (QED) is 0.914. The van der Waals surface area contributed by atoms with E-state index in [2.05, 4.69) is 20.4 Å². The SMILES string of the molecule is CCc1noc(C(C)Nc2cc(F)cc(N3CCOCC3)c2)n1. The van der Waals surface area contributed by atoms with E-state index in [9.17, 15) is 4.39 Å². The first kappa shape index (κ1) is 15.7. The van der Waals surface area contributed by atoms with E-state index in [0.29, 0.717) is 30.6 Å². The minimum atomic E-state index is -0.275. The number of nitrogens with zero attached hydrogens (tertiary/aromatic N) is 3. The van der Waals surface area contributed by atoms with Crippen molar-refractivity contribution in [3.8, 4) is 0 Å². The van der Waals surface area contributed by atoms with Gasteiger partial charge in [-0.2, -0.15) is 4.98 Å². The third-order valence-corrected chi connectivity index (χ3v) is 3.81. The Morgan fingerprint density at radius 3 is 2.78 bits per heavy atom. The Morgan fingerprint density at radius 1 is 1.30 bits per heavy atom. The maximum Gasteiger partial charge on any atom is 0.248 e. The Morgan fingerprint density at radius 2 is 2.09 bits per heavy atom. The lowest BCUT2D eigenvalue weighted by Crippen LogP contribution is -2.36. The molecular formula is C16H21FN4O2. The van der Waals surface area contributed by atoms with E-state index in [1.165, 1.54) is 6.07 Å². The summed E-state index contributed by atoms with van der Waals surface area (Å²) in [5, 5.41) is 7.11. The number of benzene rings is 1. The number of ether oxygens (including phenoxy) is 1. The first-order valence-corrected chi connectivity index (χ1v) is 7.88. The molecule has 0 aliphatic carbocycles. The largest absolute Gasteiger partial charge is 0.378 e. The second kappa shape index (κ2) is 6.95. The molecule has 0 saturated carbocycles. The smallest absolute Gasteiger partial charge is 0.248 e. The Hall–Kier alpha value is -2.15. The molecule has 0 bridgehead atoms. The summed E-state index contributed by atoms with van der Waals surface area (Å²) in [7, 11) is 0. The molecule has 1 aliphatic rings. The average Bonchev–Trinajstić information content (AvgIpc) is 3.04. The summed E-state index contributed by atoms with van der Waals surface area (Å²) < 4.78 is 24.5. The first-order chi connectivity index (χ1) is 11.2. The van der Waals surface area contributed by atoms with Crippen LogP contribution in [0.15, 0.2) is 22.7 Å². The second-order valence-corrected chi connectivity index (χ2v) is 5.57. The summed E-state index contributed by atoms with van der Waals surface area (Å²) in [6.07, 6.45) is 0.720. The van der Waals surface area contributed by atoms with Crippen molar-refractivity contribution >= 4 is 11.4 Å². The second-order valence-electron chi connectivity index (χ2n) is 5.57. The maximum absolute atomic E-state index is 13.9. The van der Waals surface area contributed by atoms with Crippen molar-refractivity contribution in [3.63, 3.8) is 0 Å². The van der Waals surface area contributed by atoms with Crippen LogP contribution in [0.25, 0.3) is 0 Å². The van der Waals surface area contributed by atoms with Gasteiger partial charge < -0.3 is 19.5 Å². The van der Waals surface area contributed by atoms with Crippen molar-refractivity contribution in [2.24, 2.45) is 0 Å². The molecule has 0 amide bonds. The standard InChI is InChI=1S/C16H21FN4O2/c1-3-15-19-16(23-20-15)11(2)18-13-8-12(17)9-14(10-13)21-4-6-22-7-5-21/h8-11,18H,3-7H2,1-2H3. The molecule has 23 heavy (non-hydrogen) atoms. The Labute approximate surface area is 134 Å². The van der Waals surface area contributed by atoms with Gasteiger partial charge in [0, 0.05) is 30.9 Å².